The lowest BCUT2D eigenvalue weighted by Gasteiger charge is -2.13. The topological polar surface area (TPSA) is 83.1 Å². The number of aromatic carboxylic acids is 1. The van der Waals surface area contributed by atoms with Gasteiger partial charge in [0.1, 0.15) is 5.76 Å². The molecule has 25 heavy (non-hydrogen) atoms. The van der Waals surface area contributed by atoms with Gasteiger partial charge in [0.05, 0.1) is 22.4 Å². The normalized spacial score (nSPS) is 17.4. The van der Waals surface area contributed by atoms with E-state index in [-0.39, 0.29) is 18.0 Å². The van der Waals surface area contributed by atoms with Crippen LogP contribution in [0.3, 0.4) is 0 Å². The Bertz CT molecular complexity index is 884. The summed E-state index contributed by atoms with van der Waals surface area (Å²) in [6.07, 6.45) is 4.75. The number of hydrogen-bond donors (Lipinski definition) is 1. The maximum atomic E-state index is 12.6. The maximum absolute atomic E-state index is 12.6. The van der Waals surface area contributed by atoms with Crippen LogP contribution in [-0.2, 0) is 4.79 Å². The molecule has 1 aliphatic heterocycles. The summed E-state index contributed by atoms with van der Waals surface area (Å²) in [5, 5.41) is 9.69. The van der Waals surface area contributed by atoms with Gasteiger partial charge in [0, 0.05) is 12.6 Å². The number of nitrogens with zero attached hydrogens (tertiary/aromatic N) is 2. The van der Waals surface area contributed by atoms with E-state index in [9.17, 15) is 14.7 Å². The molecule has 0 unspecified atom stereocenters. The fraction of sp³-hybridized carbons (Fsp3) is 0.0556. The van der Waals surface area contributed by atoms with Gasteiger partial charge in [0.25, 0.3) is 5.91 Å². The molecule has 6 nitrogen and oxygen atoms in total. The molecule has 1 aliphatic rings. The van der Waals surface area contributed by atoms with Gasteiger partial charge in [0.15, 0.2) is 5.17 Å². The Morgan fingerprint density at radius 2 is 2.12 bits per heavy atom. The predicted molar refractivity (Wildman–Crippen MR) is 96.7 cm³/mol. The molecule has 1 N–H and O–H groups in total. The second-order valence-corrected chi connectivity index (χ2v) is 6.06. The zero-order chi connectivity index (χ0) is 17.8. The summed E-state index contributed by atoms with van der Waals surface area (Å²) in [5.74, 6) is -0.745. The number of hydrogen-bond acceptors (Lipinski definition) is 5. The third kappa shape index (κ3) is 3.56. The van der Waals surface area contributed by atoms with Crippen LogP contribution in [-0.4, -0.2) is 33.6 Å². The zero-order valence-electron chi connectivity index (χ0n) is 13.1. The summed E-state index contributed by atoms with van der Waals surface area (Å²) in [4.78, 5) is 30.2. The molecule has 0 radical (unpaired) electrons. The van der Waals surface area contributed by atoms with E-state index in [0.717, 1.165) is 0 Å². The Labute approximate surface area is 148 Å². The van der Waals surface area contributed by atoms with E-state index in [1.165, 1.54) is 29.0 Å². The quantitative estimate of drug-likeness (QED) is 0.653. The second kappa shape index (κ2) is 7.23. The van der Waals surface area contributed by atoms with Gasteiger partial charge < -0.3 is 9.52 Å². The highest BCUT2D eigenvalue weighted by atomic mass is 32.2. The van der Waals surface area contributed by atoms with Crippen molar-refractivity contribution >= 4 is 40.6 Å². The molecule has 0 saturated carbocycles. The average Bonchev–Trinajstić information content (AvgIpc) is 3.20. The van der Waals surface area contributed by atoms with Crippen molar-refractivity contribution in [1.82, 2.24) is 4.90 Å². The molecule has 0 bridgehead atoms. The number of benzene rings is 1. The van der Waals surface area contributed by atoms with Gasteiger partial charge in [-0.1, -0.05) is 18.2 Å². The summed E-state index contributed by atoms with van der Waals surface area (Å²) in [6.45, 7) is 3.93. The van der Waals surface area contributed by atoms with Gasteiger partial charge in [-0.2, -0.15) is 0 Å². The number of carboxylic acids is 1. The van der Waals surface area contributed by atoms with Gasteiger partial charge >= 0.3 is 5.97 Å². The molecular weight excluding hydrogens is 340 g/mol. The number of carboxylic acid groups (broad SMARTS) is 1. The fourth-order valence-electron chi connectivity index (χ4n) is 2.24. The molecule has 0 spiro atoms. The van der Waals surface area contributed by atoms with Gasteiger partial charge in [-0.25, -0.2) is 9.79 Å². The molecule has 1 aromatic heterocycles. The lowest BCUT2D eigenvalue weighted by molar-refractivity contribution is -0.121. The van der Waals surface area contributed by atoms with Crippen molar-refractivity contribution in [2.75, 3.05) is 6.54 Å². The van der Waals surface area contributed by atoms with Crippen molar-refractivity contribution in [1.29, 1.82) is 0 Å². The molecule has 2 heterocycles. The van der Waals surface area contributed by atoms with Gasteiger partial charge in [0.2, 0.25) is 0 Å². The molecule has 1 fully saturated rings. The van der Waals surface area contributed by atoms with Crippen LogP contribution in [0.25, 0.3) is 6.08 Å². The molecule has 7 heteroatoms. The van der Waals surface area contributed by atoms with Crippen molar-refractivity contribution < 1.29 is 19.1 Å². The number of carbonyl (C=O) groups is 2. The van der Waals surface area contributed by atoms with E-state index in [1.807, 2.05) is 0 Å². The molecule has 1 saturated heterocycles. The fourth-order valence-corrected chi connectivity index (χ4v) is 3.22. The van der Waals surface area contributed by atoms with E-state index in [0.29, 0.717) is 21.5 Å². The SMILES string of the molecule is C=CCN1C(=O)/C(=C/c2ccco2)SC1=Nc1ccccc1C(=O)O. The first kappa shape index (κ1) is 16.8. The average molecular weight is 354 g/mol. The van der Waals surface area contributed by atoms with E-state index in [2.05, 4.69) is 11.6 Å². The smallest absolute Gasteiger partial charge is 0.337 e. The summed E-state index contributed by atoms with van der Waals surface area (Å²) in [7, 11) is 0. The molecule has 0 aliphatic carbocycles. The monoisotopic (exact) mass is 354 g/mol. The summed E-state index contributed by atoms with van der Waals surface area (Å²) < 4.78 is 5.24. The van der Waals surface area contributed by atoms with Crippen LogP contribution in [0.4, 0.5) is 5.69 Å². The van der Waals surface area contributed by atoms with Crippen LogP contribution in [0.2, 0.25) is 0 Å². The Morgan fingerprint density at radius 1 is 1.32 bits per heavy atom. The first-order valence-electron chi connectivity index (χ1n) is 7.37. The Balaban J connectivity index is 2.01. The Hall–Kier alpha value is -3.06. The molecule has 2 aromatic rings. The highest BCUT2D eigenvalue weighted by molar-refractivity contribution is 8.18. The van der Waals surface area contributed by atoms with Crippen LogP contribution in [0.1, 0.15) is 16.1 Å². The molecule has 1 aromatic carbocycles. The zero-order valence-corrected chi connectivity index (χ0v) is 13.9. The molecule has 1 amide bonds. The Morgan fingerprint density at radius 3 is 2.80 bits per heavy atom. The molecule has 0 atom stereocenters. The summed E-state index contributed by atoms with van der Waals surface area (Å²) >= 11 is 1.17. The number of amidine groups is 1. The standard InChI is InChI=1S/C18H14N2O4S/c1-2-9-20-16(21)15(11-12-6-5-10-24-12)25-18(20)19-14-8-4-3-7-13(14)17(22)23/h2-8,10-11H,1,9H2,(H,22,23)/b15-11-,19-18?. The van der Waals surface area contributed by atoms with E-state index in [4.69, 9.17) is 4.42 Å². The highest BCUT2D eigenvalue weighted by Gasteiger charge is 2.33. The number of para-hydroxylation sites is 1. The maximum Gasteiger partial charge on any atom is 0.337 e. The number of carbonyl (C=O) groups excluding carboxylic acids is 1. The minimum atomic E-state index is -1.07. The van der Waals surface area contributed by atoms with Crippen molar-refractivity contribution in [2.45, 2.75) is 0 Å². The van der Waals surface area contributed by atoms with Gasteiger partial charge in [-0.15, -0.1) is 6.58 Å². The van der Waals surface area contributed by atoms with Crippen LogP contribution in [0.15, 0.2) is 69.6 Å². The first-order chi connectivity index (χ1) is 12.1. The Kier molecular flexibility index (Phi) is 4.85. The van der Waals surface area contributed by atoms with E-state index >= 15 is 0 Å². The number of amides is 1. The lowest BCUT2D eigenvalue weighted by atomic mass is 10.2. The summed E-state index contributed by atoms with van der Waals surface area (Å²) in [6, 6.07) is 9.88. The summed E-state index contributed by atoms with van der Waals surface area (Å²) in [5.41, 5.74) is 0.365. The lowest BCUT2D eigenvalue weighted by Crippen LogP contribution is -2.29. The largest absolute Gasteiger partial charge is 0.478 e. The van der Waals surface area contributed by atoms with Crippen molar-refractivity contribution in [2.24, 2.45) is 4.99 Å². The minimum Gasteiger partial charge on any atom is -0.478 e. The van der Waals surface area contributed by atoms with Crippen molar-refractivity contribution in [3.63, 3.8) is 0 Å². The van der Waals surface area contributed by atoms with Gasteiger partial charge in [-0.3, -0.25) is 9.69 Å². The third-order valence-electron chi connectivity index (χ3n) is 3.37. The van der Waals surface area contributed by atoms with E-state index < -0.39 is 5.97 Å². The predicted octanol–water partition coefficient (Wildman–Crippen LogP) is 3.77. The van der Waals surface area contributed by atoms with Crippen molar-refractivity contribution in [3.05, 3.63) is 71.5 Å². The number of rotatable bonds is 5. The van der Waals surface area contributed by atoms with Crippen molar-refractivity contribution in [3.8, 4) is 0 Å². The second-order valence-electron chi connectivity index (χ2n) is 5.05. The third-order valence-corrected chi connectivity index (χ3v) is 4.37. The number of thioether (sulfide) groups is 1. The van der Waals surface area contributed by atoms with Gasteiger partial charge in [-0.05, 0) is 36.0 Å². The number of aliphatic imine (C=N–C) groups is 1. The van der Waals surface area contributed by atoms with Crippen LogP contribution >= 0.6 is 11.8 Å². The highest BCUT2D eigenvalue weighted by Crippen LogP contribution is 2.34. The van der Waals surface area contributed by atoms with Crippen LogP contribution in [0, 0.1) is 0 Å². The van der Waals surface area contributed by atoms with E-state index in [1.54, 1.807) is 42.5 Å². The van der Waals surface area contributed by atoms with Crippen LogP contribution < -0.4 is 0 Å². The molecule has 126 valence electrons. The molecule has 3 rings (SSSR count). The molecular formula is C18H14N2O4S. The number of furan rings is 1. The minimum absolute atomic E-state index is 0.0741. The first-order valence-corrected chi connectivity index (χ1v) is 8.18. The van der Waals surface area contributed by atoms with Crippen LogP contribution in [0.5, 0.6) is 0 Å².